The maximum atomic E-state index is 13.4. The van der Waals surface area contributed by atoms with Gasteiger partial charge in [-0.3, -0.25) is 0 Å². The van der Waals surface area contributed by atoms with Gasteiger partial charge in [-0.1, -0.05) is 23.2 Å². The summed E-state index contributed by atoms with van der Waals surface area (Å²) in [7, 11) is 0. The Labute approximate surface area is 127 Å². The largest absolute Gasteiger partial charge is 0.393 e. The molecule has 7 heteroatoms. The second-order valence-electron chi connectivity index (χ2n) is 4.52. The molecular weight excluding hydrogens is 306 g/mol. The average molecular weight is 323 g/mol. The second-order valence-corrected chi connectivity index (χ2v) is 5.30. The lowest BCUT2D eigenvalue weighted by Crippen LogP contribution is -2.38. The van der Waals surface area contributed by atoms with Crippen LogP contribution in [0.4, 0.5) is 9.18 Å². The van der Waals surface area contributed by atoms with Crippen LogP contribution in [-0.2, 0) is 0 Å². The molecule has 3 N–H and O–H groups in total. The van der Waals surface area contributed by atoms with Crippen LogP contribution in [0.15, 0.2) is 12.1 Å². The molecule has 0 saturated carbocycles. The predicted octanol–water partition coefficient (Wildman–Crippen LogP) is 3.26. The van der Waals surface area contributed by atoms with Crippen molar-refractivity contribution in [3.05, 3.63) is 33.6 Å². The Balaban J connectivity index is 2.65. The first-order chi connectivity index (χ1) is 9.32. The van der Waals surface area contributed by atoms with Crippen molar-refractivity contribution in [1.29, 1.82) is 0 Å². The number of amides is 2. The molecule has 0 saturated heterocycles. The van der Waals surface area contributed by atoms with Gasteiger partial charge in [-0.2, -0.15) is 0 Å². The zero-order valence-corrected chi connectivity index (χ0v) is 12.7. The van der Waals surface area contributed by atoms with Gasteiger partial charge in [0.15, 0.2) is 0 Å². The molecular formula is C13H17Cl2FN2O2. The zero-order chi connectivity index (χ0) is 15.3. The summed E-state index contributed by atoms with van der Waals surface area (Å²) < 4.78 is 13.4. The third-order valence-corrected chi connectivity index (χ3v) is 3.42. The Hall–Kier alpha value is -1.04. The quantitative estimate of drug-likeness (QED) is 0.728. The Morgan fingerprint density at radius 3 is 2.65 bits per heavy atom. The van der Waals surface area contributed by atoms with Gasteiger partial charge in [0.2, 0.25) is 0 Å². The molecule has 0 aromatic heterocycles. The highest BCUT2D eigenvalue weighted by Crippen LogP contribution is 2.32. The summed E-state index contributed by atoms with van der Waals surface area (Å²) >= 11 is 11.8. The molecule has 0 radical (unpaired) electrons. The number of benzene rings is 1. The number of carbonyl (C=O) groups excluding carboxylic acids is 1. The molecule has 112 valence electrons. The number of hydrogen-bond donors (Lipinski definition) is 3. The summed E-state index contributed by atoms with van der Waals surface area (Å²) in [5.74, 6) is -0.589. The van der Waals surface area contributed by atoms with E-state index in [2.05, 4.69) is 10.6 Å². The van der Waals surface area contributed by atoms with E-state index in [9.17, 15) is 9.18 Å². The summed E-state index contributed by atoms with van der Waals surface area (Å²) in [5, 5.41) is 14.5. The van der Waals surface area contributed by atoms with Crippen LogP contribution in [0.3, 0.4) is 0 Å². The van der Waals surface area contributed by atoms with Gasteiger partial charge in [-0.05, 0) is 32.4 Å². The molecule has 1 aromatic rings. The summed E-state index contributed by atoms with van der Waals surface area (Å²) in [4.78, 5) is 11.6. The molecule has 2 unspecified atom stereocenters. The molecule has 0 bridgehead atoms. The lowest BCUT2D eigenvalue weighted by Gasteiger charge is -2.18. The standard InChI is InChI=1S/C13H17Cl2FN2O2/c1-7(19)5-6-17-13(20)18-8(2)11-9(14)3-4-10(16)12(11)15/h3-4,7-8,19H,5-6H2,1-2H3,(H2,17,18,20). The van der Waals surface area contributed by atoms with Crippen molar-refractivity contribution < 1.29 is 14.3 Å². The van der Waals surface area contributed by atoms with Crippen LogP contribution < -0.4 is 10.6 Å². The summed E-state index contributed by atoms with van der Waals surface area (Å²) in [5.41, 5.74) is 0.332. The van der Waals surface area contributed by atoms with Crippen LogP contribution in [0.25, 0.3) is 0 Å². The lowest BCUT2D eigenvalue weighted by molar-refractivity contribution is 0.183. The smallest absolute Gasteiger partial charge is 0.315 e. The number of aliphatic hydroxyl groups is 1. The van der Waals surface area contributed by atoms with E-state index < -0.39 is 24.0 Å². The molecule has 0 aliphatic carbocycles. The summed E-state index contributed by atoms with van der Waals surface area (Å²) in [6, 6.07) is 1.58. The number of carbonyl (C=O) groups is 1. The van der Waals surface area contributed by atoms with Crippen LogP contribution in [0.1, 0.15) is 31.9 Å². The monoisotopic (exact) mass is 322 g/mol. The highest BCUT2D eigenvalue weighted by molar-refractivity contribution is 6.36. The van der Waals surface area contributed by atoms with Crippen molar-refractivity contribution in [3.8, 4) is 0 Å². The van der Waals surface area contributed by atoms with Gasteiger partial charge in [0.25, 0.3) is 0 Å². The predicted molar refractivity (Wildman–Crippen MR) is 77.7 cm³/mol. The van der Waals surface area contributed by atoms with E-state index in [-0.39, 0.29) is 10.0 Å². The minimum Gasteiger partial charge on any atom is -0.393 e. The van der Waals surface area contributed by atoms with E-state index in [0.29, 0.717) is 18.5 Å². The van der Waals surface area contributed by atoms with E-state index in [1.54, 1.807) is 13.8 Å². The minimum atomic E-state index is -0.589. The topological polar surface area (TPSA) is 61.4 Å². The number of aliphatic hydroxyl groups excluding tert-OH is 1. The SMILES string of the molecule is CC(O)CCNC(=O)NC(C)c1c(Cl)ccc(F)c1Cl. The highest BCUT2D eigenvalue weighted by Gasteiger charge is 2.18. The number of rotatable bonds is 5. The molecule has 0 aliphatic heterocycles. The Kier molecular flexibility index (Phi) is 6.52. The minimum absolute atomic E-state index is 0.103. The molecule has 2 atom stereocenters. The van der Waals surface area contributed by atoms with E-state index in [4.69, 9.17) is 28.3 Å². The van der Waals surface area contributed by atoms with Crippen LogP contribution in [0, 0.1) is 5.82 Å². The van der Waals surface area contributed by atoms with Gasteiger partial charge in [-0.15, -0.1) is 0 Å². The van der Waals surface area contributed by atoms with Crippen molar-refractivity contribution in [2.75, 3.05) is 6.54 Å². The van der Waals surface area contributed by atoms with Gasteiger partial charge in [0.1, 0.15) is 5.82 Å². The van der Waals surface area contributed by atoms with Crippen molar-refractivity contribution in [3.63, 3.8) is 0 Å². The molecule has 20 heavy (non-hydrogen) atoms. The van der Waals surface area contributed by atoms with E-state index in [1.807, 2.05) is 0 Å². The van der Waals surface area contributed by atoms with Gasteiger partial charge in [0, 0.05) is 17.1 Å². The fraction of sp³-hybridized carbons (Fsp3) is 0.462. The van der Waals surface area contributed by atoms with Crippen molar-refractivity contribution in [2.45, 2.75) is 32.4 Å². The first-order valence-corrected chi connectivity index (χ1v) is 6.94. The first kappa shape index (κ1) is 17.0. The lowest BCUT2D eigenvalue weighted by atomic mass is 10.1. The number of halogens is 3. The molecule has 0 heterocycles. The van der Waals surface area contributed by atoms with Crippen molar-refractivity contribution in [2.24, 2.45) is 0 Å². The maximum Gasteiger partial charge on any atom is 0.315 e. The molecule has 0 fully saturated rings. The number of nitrogens with one attached hydrogen (secondary N) is 2. The third kappa shape index (κ3) is 4.81. The second kappa shape index (κ2) is 7.67. The van der Waals surface area contributed by atoms with Gasteiger partial charge in [0.05, 0.1) is 17.2 Å². The number of urea groups is 1. The highest BCUT2D eigenvalue weighted by atomic mass is 35.5. The van der Waals surface area contributed by atoms with Gasteiger partial charge >= 0.3 is 6.03 Å². The van der Waals surface area contributed by atoms with Crippen molar-refractivity contribution >= 4 is 29.2 Å². The van der Waals surface area contributed by atoms with E-state index in [1.165, 1.54) is 12.1 Å². The zero-order valence-electron chi connectivity index (χ0n) is 11.2. The van der Waals surface area contributed by atoms with Gasteiger partial charge in [-0.25, -0.2) is 9.18 Å². The first-order valence-electron chi connectivity index (χ1n) is 6.18. The fourth-order valence-corrected chi connectivity index (χ4v) is 2.35. The van der Waals surface area contributed by atoms with E-state index in [0.717, 1.165) is 0 Å². The summed E-state index contributed by atoms with van der Waals surface area (Å²) in [6.45, 7) is 3.62. The molecule has 1 aromatic carbocycles. The Morgan fingerprint density at radius 2 is 2.05 bits per heavy atom. The Bertz CT molecular complexity index is 484. The Morgan fingerprint density at radius 1 is 1.40 bits per heavy atom. The van der Waals surface area contributed by atoms with Crippen molar-refractivity contribution in [1.82, 2.24) is 10.6 Å². The molecule has 1 rings (SSSR count). The third-order valence-electron chi connectivity index (χ3n) is 2.71. The maximum absolute atomic E-state index is 13.4. The van der Waals surface area contributed by atoms with Crippen LogP contribution in [-0.4, -0.2) is 23.8 Å². The van der Waals surface area contributed by atoms with Gasteiger partial charge < -0.3 is 15.7 Å². The van der Waals surface area contributed by atoms with Crippen LogP contribution in [0.2, 0.25) is 10.0 Å². The average Bonchev–Trinajstić information content (AvgIpc) is 2.33. The summed E-state index contributed by atoms with van der Waals surface area (Å²) in [6.07, 6.45) is -0.0386. The molecule has 4 nitrogen and oxygen atoms in total. The molecule has 0 spiro atoms. The van der Waals surface area contributed by atoms with E-state index >= 15 is 0 Å². The molecule has 0 aliphatic rings. The van der Waals surface area contributed by atoms with Crippen LogP contribution >= 0.6 is 23.2 Å². The molecule has 2 amide bonds. The normalized spacial score (nSPS) is 13.7. The number of hydrogen-bond acceptors (Lipinski definition) is 2. The van der Waals surface area contributed by atoms with Crippen LogP contribution in [0.5, 0.6) is 0 Å². The fourth-order valence-electron chi connectivity index (χ4n) is 1.65.